The Morgan fingerprint density at radius 1 is 1.12 bits per heavy atom. The minimum Gasteiger partial charge on any atom is -0.497 e. The second-order valence-electron chi connectivity index (χ2n) is 6.13. The third-order valence-corrected chi connectivity index (χ3v) is 4.32. The predicted octanol–water partition coefficient (Wildman–Crippen LogP) is 3.75. The number of ether oxygens (including phenoxy) is 2. The molecule has 5 nitrogen and oxygen atoms in total. The van der Waals surface area contributed by atoms with Crippen LogP contribution >= 0.6 is 24.0 Å². The van der Waals surface area contributed by atoms with Crippen LogP contribution in [-0.2, 0) is 24.2 Å². The average molecular weight is 467 g/mol. The van der Waals surface area contributed by atoms with E-state index in [0.29, 0.717) is 25.7 Å². The van der Waals surface area contributed by atoms with Gasteiger partial charge in [-0.15, -0.1) is 24.0 Å². The first kappa shape index (κ1) is 20.5. The highest BCUT2D eigenvalue weighted by atomic mass is 127. The number of methoxy groups -OCH3 is 1. The molecule has 0 atom stereocenters. The van der Waals surface area contributed by atoms with E-state index in [9.17, 15) is 0 Å². The summed E-state index contributed by atoms with van der Waals surface area (Å²) in [7, 11) is 1.66. The molecule has 6 heteroatoms. The molecule has 0 saturated carbocycles. The molecule has 2 aromatic carbocycles. The zero-order valence-corrected chi connectivity index (χ0v) is 17.4. The number of anilines is 1. The summed E-state index contributed by atoms with van der Waals surface area (Å²) < 4.78 is 10.8. The first-order chi connectivity index (χ1) is 12.2. The number of nitrogens with one attached hydrogen (secondary N) is 1. The lowest BCUT2D eigenvalue weighted by Crippen LogP contribution is -2.23. The molecule has 3 N–H and O–H groups in total. The molecule has 2 aromatic rings. The van der Waals surface area contributed by atoms with Crippen LogP contribution < -0.4 is 15.8 Å². The Hall–Kier alpha value is -1.80. The van der Waals surface area contributed by atoms with E-state index in [0.717, 1.165) is 23.4 Å². The Labute approximate surface area is 172 Å². The molecule has 0 fully saturated rings. The molecule has 0 radical (unpaired) electrons. The molecule has 0 unspecified atom stereocenters. The number of hydrogen-bond donors (Lipinski definition) is 2. The lowest BCUT2D eigenvalue weighted by atomic mass is 10.1. The molecule has 140 valence electrons. The van der Waals surface area contributed by atoms with Crippen molar-refractivity contribution in [1.29, 1.82) is 0 Å². The summed E-state index contributed by atoms with van der Waals surface area (Å²) in [5.41, 5.74) is 10.9. The Morgan fingerprint density at radius 3 is 2.65 bits per heavy atom. The van der Waals surface area contributed by atoms with Gasteiger partial charge in [0.05, 0.1) is 26.9 Å². The van der Waals surface area contributed by atoms with Crippen LogP contribution in [0.1, 0.15) is 23.1 Å². The van der Waals surface area contributed by atoms with Gasteiger partial charge in [0.1, 0.15) is 5.75 Å². The molecule has 0 aromatic heterocycles. The van der Waals surface area contributed by atoms with Gasteiger partial charge >= 0.3 is 0 Å². The number of benzene rings is 2. The maximum atomic E-state index is 5.95. The smallest absolute Gasteiger partial charge is 0.193 e. The maximum absolute atomic E-state index is 5.95. The van der Waals surface area contributed by atoms with E-state index in [-0.39, 0.29) is 24.0 Å². The third kappa shape index (κ3) is 5.88. The van der Waals surface area contributed by atoms with E-state index in [1.165, 1.54) is 24.0 Å². The molecule has 3 rings (SSSR count). The summed E-state index contributed by atoms with van der Waals surface area (Å²) in [4.78, 5) is 4.31. The molecule has 0 saturated heterocycles. The zero-order valence-electron chi connectivity index (χ0n) is 15.0. The van der Waals surface area contributed by atoms with Gasteiger partial charge in [-0.2, -0.15) is 0 Å². The Kier molecular flexibility index (Phi) is 8.18. The normalized spacial score (nSPS) is 13.0. The molecule has 0 heterocycles. The quantitative estimate of drug-likeness (QED) is 0.282. The molecular weight excluding hydrogens is 441 g/mol. The van der Waals surface area contributed by atoms with Crippen molar-refractivity contribution in [1.82, 2.24) is 0 Å². The van der Waals surface area contributed by atoms with Gasteiger partial charge < -0.3 is 20.5 Å². The van der Waals surface area contributed by atoms with Crippen molar-refractivity contribution in [3.05, 3.63) is 59.2 Å². The van der Waals surface area contributed by atoms with E-state index in [1.54, 1.807) is 7.11 Å². The molecule has 0 aliphatic heterocycles. The van der Waals surface area contributed by atoms with Crippen LogP contribution in [0.3, 0.4) is 0 Å². The summed E-state index contributed by atoms with van der Waals surface area (Å²) in [6.45, 7) is 1.61. The molecule has 0 amide bonds. The second-order valence-corrected chi connectivity index (χ2v) is 6.13. The first-order valence-electron chi connectivity index (χ1n) is 8.64. The number of aliphatic imine (C=N–C) groups is 1. The minimum atomic E-state index is 0. The van der Waals surface area contributed by atoms with Crippen LogP contribution in [0.4, 0.5) is 5.69 Å². The average Bonchev–Trinajstić information content (AvgIpc) is 3.09. The van der Waals surface area contributed by atoms with E-state index in [2.05, 4.69) is 28.5 Å². The van der Waals surface area contributed by atoms with E-state index < -0.39 is 0 Å². The number of fused-ring (bicyclic) bond motifs is 1. The topological polar surface area (TPSA) is 68.9 Å². The van der Waals surface area contributed by atoms with Crippen molar-refractivity contribution in [3.63, 3.8) is 0 Å². The van der Waals surface area contributed by atoms with Crippen LogP contribution in [-0.4, -0.2) is 26.2 Å². The molecule has 0 bridgehead atoms. The fourth-order valence-electron chi connectivity index (χ4n) is 2.98. The van der Waals surface area contributed by atoms with Crippen molar-refractivity contribution < 1.29 is 9.47 Å². The lowest BCUT2D eigenvalue weighted by Gasteiger charge is -2.08. The first-order valence-corrected chi connectivity index (χ1v) is 8.64. The Balaban J connectivity index is 0.00000243. The van der Waals surface area contributed by atoms with Crippen LogP contribution in [0.2, 0.25) is 0 Å². The van der Waals surface area contributed by atoms with Crippen molar-refractivity contribution in [3.8, 4) is 5.75 Å². The van der Waals surface area contributed by atoms with E-state index in [4.69, 9.17) is 15.2 Å². The van der Waals surface area contributed by atoms with Crippen LogP contribution in [0, 0.1) is 0 Å². The predicted molar refractivity (Wildman–Crippen MR) is 117 cm³/mol. The van der Waals surface area contributed by atoms with Crippen molar-refractivity contribution in [2.45, 2.75) is 25.9 Å². The molecular formula is C20H26IN3O2. The van der Waals surface area contributed by atoms with Gasteiger partial charge in [0.2, 0.25) is 0 Å². The highest BCUT2D eigenvalue weighted by Crippen LogP contribution is 2.24. The van der Waals surface area contributed by atoms with Crippen molar-refractivity contribution in [2.75, 3.05) is 25.6 Å². The third-order valence-electron chi connectivity index (χ3n) is 4.32. The zero-order chi connectivity index (χ0) is 17.5. The SMILES string of the molecule is COc1ccc(COCCN=C(N)Nc2ccc3c(c2)CCC3)cc1.I. The van der Waals surface area contributed by atoms with Crippen LogP contribution in [0.5, 0.6) is 5.75 Å². The molecule has 26 heavy (non-hydrogen) atoms. The van der Waals surface area contributed by atoms with Crippen LogP contribution in [0.25, 0.3) is 0 Å². The van der Waals surface area contributed by atoms with E-state index >= 15 is 0 Å². The Morgan fingerprint density at radius 2 is 1.88 bits per heavy atom. The van der Waals surface area contributed by atoms with E-state index in [1.807, 2.05) is 24.3 Å². The van der Waals surface area contributed by atoms with Gasteiger partial charge in [-0.3, -0.25) is 4.99 Å². The fourth-order valence-corrected chi connectivity index (χ4v) is 2.98. The van der Waals surface area contributed by atoms with Gasteiger partial charge in [-0.05, 0) is 60.2 Å². The molecule has 0 spiro atoms. The lowest BCUT2D eigenvalue weighted by molar-refractivity contribution is 0.128. The summed E-state index contributed by atoms with van der Waals surface area (Å²) in [6, 6.07) is 14.2. The highest BCUT2D eigenvalue weighted by molar-refractivity contribution is 14.0. The number of rotatable bonds is 7. The number of aryl methyl sites for hydroxylation is 2. The molecule has 1 aliphatic rings. The summed E-state index contributed by atoms with van der Waals surface area (Å²) in [5.74, 6) is 1.27. The van der Waals surface area contributed by atoms with Gasteiger partial charge in [-0.25, -0.2) is 0 Å². The van der Waals surface area contributed by atoms with Crippen LogP contribution in [0.15, 0.2) is 47.5 Å². The number of hydrogen-bond acceptors (Lipinski definition) is 3. The second kappa shape index (κ2) is 10.4. The minimum absolute atomic E-state index is 0. The number of guanidine groups is 1. The Bertz CT molecular complexity index is 732. The summed E-state index contributed by atoms with van der Waals surface area (Å²) in [6.07, 6.45) is 3.58. The summed E-state index contributed by atoms with van der Waals surface area (Å²) in [5, 5.41) is 3.15. The highest BCUT2D eigenvalue weighted by Gasteiger charge is 2.10. The molecule has 1 aliphatic carbocycles. The fraction of sp³-hybridized carbons (Fsp3) is 0.350. The van der Waals surface area contributed by atoms with Crippen molar-refractivity contribution >= 4 is 35.6 Å². The number of nitrogens with two attached hydrogens (primary N) is 1. The number of halogens is 1. The monoisotopic (exact) mass is 467 g/mol. The van der Waals surface area contributed by atoms with Gasteiger partial charge in [0.25, 0.3) is 0 Å². The standard InChI is InChI=1S/C20H25N3O2.HI/c1-24-19-9-5-15(6-10-19)14-25-12-11-22-20(21)23-18-8-7-16-3-2-4-17(16)13-18;/h5-10,13H,2-4,11-12,14H2,1H3,(H3,21,22,23);1H. The number of nitrogens with zero attached hydrogens (tertiary/aromatic N) is 1. The summed E-state index contributed by atoms with van der Waals surface area (Å²) >= 11 is 0. The van der Waals surface area contributed by atoms with Crippen molar-refractivity contribution in [2.24, 2.45) is 10.7 Å². The van der Waals surface area contributed by atoms with Gasteiger partial charge in [-0.1, -0.05) is 18.2 Å². The van der Waals surface area contributed by atoms with Gasteiger partial charge in [0.15, 0.2) is 5.96 Å². The van der Waals surface area contributed by atoms with Gasteiger partial charge in [0, 0.05) is 5.69 Å². The largest absolute Gasteiger partial charge is 0.497 e. The maximum Gasteiger partial charge on any atom is 0.193 e.